The Labute approximate surface area is 169 Å². The fraction of sp³-hybridized carbons (Fsp3) is 0.286. The highest BCUT2D eigenvalue weighted by molar-refractivity contribution is 5.87. The van der Waals surface area contributed by atoms with Crippen molar-refractivity contribution in [3.05, 3.63) is 47.5 Å². The number of esters is 1. The van der Waals surface area contributed by atoms with Crippen LogP contribution in [0.5, 0.6) is 23.0 Å². The molecule has 0 fully saturated rings. The summed E-state index contributed by atoms with van der Waals surface area (Å²) >= 11 is 0. The molecule has 154 valence electrons. The largest absolute Gasteiger partial charge is 0.505 e. The average molecular weight is 400 g/mol. The Morgan fingerprint density at radius 1 is 1.03 bits per heavy atom. The lowest BCUT2D eigenvalue weighted by molar-refractivity contribution is -0.140. The molecule has 2 aromatic rings. The third-order valence-electron chi connectivity index (χ3n) is 3.94. The lowest BCUT2D eigenvalue weighted by atomic mass is 10.1. The lowest BCUT2D eigenvalue weighted by Crippen LogP contribution is -2.05. The smallest absolute Gasteiger partial charge is 0.333 e. The molecule has 29 heavy (non-hydrogen) atoms. The molecule has 0 radical (unpaired) electrons. The summed E-state index contributed by atoms with van der Waals surface area (Å²) < 4.78 is 21.0. The summed E-state index contributed by atoms with van der Waals surface area (Å²) in [6.45, 7) is 6.81. The second kappa shape index (κ2) is 9.59. The van der Waals surface area contributed by atoms with Crippen molar-refractivity contribution in [2.75, 3.05) is 21.3 Å². The lowest BCUT2D eigenvalue weighted by Gasteiger charge is -2.12. The minimum atomic E-state index is -0.536. The molecule has 1 N–H and O–H groups in total. The summed E-state index contributed by atoms with van der Waals surface area (Å²) in [7, 11) is 4.51. The number of phenolic OH excluding ortho intramolecular Hbond substituents is 1. The van der Waals surface area contributed by atoms with Gasteiger partial charge in [-0.3, -0.25) is 0 Å². The monoisotopic (exact) mass is 400 g/mol. The van der Waals surface area contributed by atoms with E-state index < -0.39 is 5.97 Å². The number of rotatable bonds is 8. The predicted octanol–water partition coefficient (Wildman–Crippen LogP) is 4.76. The van der Waals surface area contributed by atoms with Crippen LogP contribution in [0.3, 0.4) is 0 Å². The Morgan fingerprint density at radius 3 is 2.17 bits per heavy atom. The zero-order valence-corrected chi connectivity index (χ0v) is 17.1. The second-order valence-electron chi connectivity index (χ2n) is 6.23. The first kappa shape index (κ1) is 21.7. The Kier molecular flexibility index (Phi) is 7.19. The number of carbonyl (C=O) groups is 1. The molecule has 0 atom stereocenters. The number of aromatic hydroxyl groups is 1. The summed E-state index contributed by atoms with van der Waals surface area (Å²) in [6, 6.07) is 6.64. The van der Waals surface area contributed by atoms with Crippen LogP contribution in [0.15, 0.2) is 46.6 Å². The predicted molar refractivity (Wildman–Crippen MR) is 108 cm³/mol. The van der Waals surface area contributed by atoms with Gasteiger partial charge < -0.3 is 24.1 Å². The number of carbonyl (C=O) groups excluding carboxylic acids is 1. The van der Waals surface area contributed by atoms with Crippen molar-refractivity contribution in [3.63, 3.8) is 0 Å². The molecule has 0 amide bonds. The van der Waals surface area contributed by atoms with Crippen molar-refractivity contribution in [2.24, 2.45) is 10.2 Å². The quantitative estimate of drug-likeness (QED) is 0.390. The van der Waals surface area contributed by atoms with Crippen molar-refractivity contribution in [2.45, 2.75) is 20.5 Å². The number of phenols is 1. The Morgan fingerprint density at radius 2 is 1.66 bits per heavy atom. The first-order chi connectivity index (χ1) is 13.8. The molecule has 0 saturated carbocycles. The molecular weight excluding hydrogens is 376 g/mol. The molecule has 0 aliphatic carbocycles. The molecule has 0 aromatic heterocycles. The van der Waals surface area contributed by atoms with E-state index in [0.717, 1.165) is 5.56 Å². The molecule has 0 heterocycles. The third kappa shape index (κ3) is 5.25. The van der Waals surface area contributed by atoms with E-state index in [1.807, 2.05) is 6.92 Å². The maximum Gasteiger partial charge on any atom is 0.333 e. The van der Waals surface area contributed by atoms with Crippen LogP contribution in [-0.2, 0) is 16.1 Å². The Balaban J connectivity index is 2.35. The molecule has 0 unspecified atom stereocenters. The maximum atomic E-state index is 11.6. The van der Waals surface area contributed by atoms with Gasteiger partial charge in [-0.1, -0.05) is 6.58 Å². The normalized spacial score (nSPS) is 10.7. The number of ether oxygens (including phenoxy) is 4. The molecule has 2 aromatic carbocycles. The van der Waals surface area contributed by atoms with E-state index >= 15 is 0 Å². The van der Waals surface area contributed by atoms with Gasteiger partial charge in [-0.2, -0.15) is 5.11 Å². The zero-order chi connectivity index (χ0) is 21.6. The first-order valence-electron chi connectivity index (χ1n) is 8.67. The van der Waals surface area contributed by atoms with E-state index in [4.69, 9.17) is 18.9 Å². The topological polar surface area (TPSA) is 98.9 Å². The standard InChI is InChI=1S/C21H24N2O6/c1-12(2)21(25)29-11-14-7-13(3)8-16(19(14)24)23-22-15-9-17(26-4)20(28-6)18(10-15)27-5/h7-10,24H,1,11H2,2-6H3. The van der Waals surface area contributed by atoms with Gasteiger partial charge in [0, 0.05) is 23.3 Å². The van der Waals surface area contributed by atoms with Crippen molar-refractivity contribution in [1.82, 2.24) is 0 Å². The van der Waals surface area contributed by atoms with Gasteiger partial charge in [0.1, 0.15) is 18.0 Å². The van der Waals surface area contributed by atoms with Gasteiger partial charge >= 0.3 is 5.97 Å². The number of aryl methyl sites for hydroxylation is 1. The number of hydrogen-bond donors (Lipinski definition) is 1. The maximum absolute atomic E-state index is 11.6. The summed E-state index contributed by atoms with van der Waals surface area (Å²) in [5, 5.41) is 18.8. The Hall–Kier alpha value is -3.55. The van der Waals surface area contributed by atoms with Crippen LogP contribution in [0, 0.1) is 6.92 Å². The molecule has 0 aliphatic heterocycles. The summed E-state index contributed by atoms with van der Waals surface area (Å²) in [6.07, 6.45) is 0. The van der Waals surface area contributed by atoms with E-state index in [2.05, 4.69) is 16.8 Å². The van der Waals surface area contributed by atoms with Gasteiger partial charge in [-0.05, 0) is 31.5 Å². The van der Waals surface area contributed by atoms with Crippen molar-refractivity contribution >= 4 is 17.3 Å². The van der Waals surface area contributed by atoms with Crippen molar-refractivity contribution < 1.29 is 28.8 Å². The van der Waals surface area contributed by atoms with Crippen LogP contribution in [0.25, 0.3) is 0 Å². The van der Waals surface area contributed by atoms with E-state index in [1.54, 1.807) is 31.2 Å². The van der Waals surface area contributed by atoms with Crippen molar-refractivity contribution in [3.8, 4) is 23.0 Å². The van der Waals surface area contributed by atoms with Crippen LogP contribution in [-0.4, -0.2) is 32.4 Å². The molecule has 0 aliphatic rings. The van der Waals surface area contributed by atoms with Gasteiger partial charge in [-0.25, -0.2) is 4.79 Å². The van der Waals surface area contributed by atoms with Crippen LogP contribution in [0.2, 0.25) is 0 Å². The molecular formula is C21H24N2O6. The van der Waals surface area contributed by atoms with E-state index in [9.17, 15) is 9.90 Å². The Bertz CT molecular complexity index is 927. The van der Waals surface area contributed by atoms with E-state index in [1.165, 1.54) is 21.3 Å². The van der Waals surface area contributed by atoms with Crippen LogP contribution in [0.4, 0.5) is 11.4 Å². The van der Waals surface area contributed by atoms with Gasteiger partial charge in [0.25, 0.3) is 0 Å². The van der Waals surface area contributed by atoms with Crippen LogP contribution in [0.1, 0.15) is 18.1 Å². The summed E-state index contributed by atoms with van der Waals surface area (Å²) in [5.41, 5.74) is 2.19. The number of hydrogen-bond acceptors (Lipinski definition) is 8. The van der Waals surface area contributed by atoms with E-state index in [-0.39, 0.29) is 23.6 Å². The minimum absolute atomic E-state index is 0.105. The molecule has 8 nitrogen and oxygen atoms in total. The fourth-order valence-corrected chi connectivity index (χ4v) is 2.52. The highest BCUT2D eigenvalue weighted by atomic mass is 16.5. The molecule has 2 rings (SSSR count). The van der Waals surface area contributed by atoms with E-state index in [0.29, 0.717) is 28.5 Å². The van der Waals surface area contributed by atoms with Crippen LogP contribution < -0.4 is 14.2 Å². The number of azo groups is 1. The van der Waals surface area contributed by atoms with Gasteiger partial charge in [0.05, 0.1) is 27.0 Å². The number of nitrogens with zero attached hydrogens (tertiary/aromatic N) is 2. The average Bonchev–Trinajstić information content (AvgIpc) is 2.71. The molecule has 8 heteroatoms. The highest BCUT2D eigenvalue weighted by Crippen LogP contribution is 2.41. The van der Waals surface area contributed by atoms with Crippen molar-refractivity contribution in [1.29, 1.82) is 0 Å². The second-order valence-corrected chi connectivity index (χ2v) is 6.23. The molecule has 0 spiro atoms. The van der Waals surface area contributed by atoms with Gasteiger partial charge in [0.2, 0.25) is 5.75 Å². The SMILES string of the molecule is C=C(C)C(=O)OCc1cc(C)cc(N=Nc2cc(OC)c(OC)c(OC)c2)c1O. The van der Waals surface area contributed by atoms with Gasteiger partial charge in [0.15, 0.2) is 11.5 Å². The minimum Gasteiger partial charge on any atom is -0.505 e. The van der Waals surface area contributed by atoms with Gasteiger partial charge in [-0.15, -0.1) is 5.11 Å². The summed E-state index contributed by atoms with van der Waals surface area (Å²) in [4.78, 5) is 11.6. The molecule has 0 saturated heterocycles. The number of methoxy groups -OCH3 is 3. The fourth-order valence-electron chi connectivity index (χ4n) is 2.52. The number of benzene rings is 2. The first-order valence-corrected chi connectivity index (χ1v) is 8.67. The third-order valence-corrected chi connectivity index (χ3v) is 3.94. The zero-order valence-electron chi connectivity index (χ0n) is 17.1. The molecule has 0 bridgehead atoms. The highest BCUT2D eigenvalue weighted by Gasteiger charge is 2.14. The summed E-state index contributed by atoms with van der Waals surface area (Å²) in [5.74, 6) is 0.644. The van der Waals surface area contributed by atoms with Crippen LogP contribution >= 0.6 is 0 Å².